The highest BCUT2D eigenvalue weighted by molar-refractivity contribution is 6.15. The van der Waals surface area contributed by atoms with Gasteiger partial charge in [-0.05, 0) is 12.8 Å². The Morgan fingerprint density at radius 3 is 2.67 bits per heavy atom. The molecule has 3 spiro atoms. The lowest BCUT2D eigenvalue weighted by molar-refractivity contribution is -0.163. The van der Waals surface area contributed by atoms with Crippen LogP contribution in [0, 0.1) is 10.8 Å². The summed E-state index contributed by atoms with van der Waals surface area (Å²) in [5.41, 5.74) is -1.55. The predicted octanol–water partition coefficient (Wildman–Crippen LogP) is -1.04. The largest absolute Gasteiger partial charge is 0.391 e. The van der Waals surface area contributed by atoms with Crippen LogP contribution in [-0.4, -0.2) is 36.2 Å². The van der Waals surface area contributed by atoms with Gasteiger partial charge in [0.1, 0.15) is 11.0 Å². The Morgan fingerprint density at radius 1 is 1.20 bits per heavy atom. The minimum absolute atomic E-state index is 0.0866. The minimum atomic E-state index is -0.679. The van der Waals surface area contributed by atoms with Crippen LogP contribution in [0.1, 0.15) is 12.8 Å². The maximum atomic E-state index is 11.9. The van der Waals surface area contributed by atoms with E-state index in [2.05, 4.69) is 5.32 Å². The Hall–Kier alpha value is -0.940. The van der Waals surface area contributed by atoms with Crippen LogP contribution in [0.25, 0.3) is 0 Å². The summed E-state index contributed by atoms with van der Waals surface area (Å²) in [5.74, 6) is -0.705. The van der Waals surface area contributed by atoms with E-state index in [1.165, 1.54) is 0 Å². The van der Waals surface area contributed by atoms with E-state index >= 15 is 0 Å². The molecule has 0 aromatic rings. The topological polar surface area (TPSA) is 64.6 Å². The molecule has 0 aromatic heterocycles. The first-order valence-corrected chi connectivity index (χ1v) is 5.39. The van der Waals surface area contributed by atoms with E-state index in [0.717, 1.165) is 19.4 Å². The van der Waals surface area contributed by atoms with E-state index in [1.807, 2.05) is 0 Å². The first-order valence-electron chi connectivity index (χ1n) is 5.39. The summed E-state index contributed by atoms with van der Waals surface area (Å²) in [7, 11) is 0. The van der Waals surface area contributed by atoms with Crippen LogP contribution in [-0.2, 0) is 19.1 Å². The van der Waals surface area contributed by atoms with Crippen molar-refractivity contribution in [3.05, 3.63) is 0 Å². The van der Waals surface area contributed by atoms with Gasteiger partial charge in [0.05, 0.1) is 17.6 Å². The zero-order chi connectivity index (χ0) is 10.1. The number of hydrogen-bond donors (Lipinski definition) is 1. The summed E-state index contributed by atoms with van der Waals surface area (Å²) in [6.07, 6.45) is 1.88. The highest BCUT2D eigenvalue weighted by atomic mass is 16.6. The van der Waals surface area contributed by atoms with Crippen LogP contribution >= 0.6 is 0 Å². The predicted molar refractivity (Wildman–Crippen MR) is 44.6 cm³/mol. The number of carbonyl (C=O) groups excluding carboxylic acids is 2. The van der Waals surface area contributed by atoms with E-state index in [9.17, 15) is 9.59 Å². The Morgan fingerprint density at radius 2 is 2.00 bits per heavy atom. The standard InChI is InChI=1S/C10H9NO4/c12-6-9-5-2-1-4(14-5)8(9)3-11-10(8,9)7(13)15-6/h4-5,11H,1-3H2. The molecule has 4 saturated heterocycles. The molecule has 78 valence electrons. The highest BCUT2D eigenvalue weighted by Gasteiger charge is 3.09. The minimum Gasteiger partial charge on any atom is -0.391 e. The molecule has 0 radical (unpaired) electrons. The number of hydrogen-bond acceptors (Lipinski definition) is 5. The van der Waals surface area contributed by atoms with Gasteiger partial charge in [0, 0.05) is 6.54 Å². The van der Waals surface area contributed by atoms with Crippen LogP contribution in [0.4, 0.5) is 0 Å². The number of cyclic esters (lactones) is 2. The van der Waals surface area contributed by atoms with Crippen LogP contribution < -0.4 is 5.32 Å². The van der Waals surface area contributed by atoms with E-state index in [4.69, 9.17) is 9.47 Å². The van der Waals surface area contributed by atoms with E-state index in [0.29, 0.717) is 0 Å². The third kappa shape index (κ3) is 0.345. The van der Waals surface area contributed by atoms with Crippen molar-refractivity contribution in [2.75, 3.05) is 6.54 Å². The van der Waals surface area contributed by atoms with Crippen molar-refractivity contribution in [1.29, 1.82) is 0 Å². The molecule has 5 nitrogen and oxygen atoms in total. The molecule has 5 fully saturated rings. The van der Waals surface area contributed by atoms with Crippen molar-refractivity contribution in [1.82, 2.24) is 5.32 Å². The van der Waals surface area contributed by atoms with Gasteiger partial charge >= 0.3 is 11.9 Å². The van der Waals surface area contributed by atoms with Gasteiger partial charge < -0.3 is 9.47 Å². The normalized spacial score (nSPS) is 66.9. The van der Waals surface area contributed by atoms with Crippen LogP contribution in [0.5, 0.6) is 0 Å². The molecule has 5 heteroatoms. The van der Waals surface area contributed by atoms with Gasteiger partial charge in [0.15, 0.2) is 0 Å². The molecule has 1 saturated carbocycles. The molecule has 1 N–H and O–H groups in total. The number of ether oxygens (including phenoxy) is 2. The summed E-state index contributed by atoms with van der Waals surface area (Å²) < 4.78 is 10.6. The Kier molecular flexibility index (Phi) is 0.757. The zero-order valence-corrected chi connectivity index (χ0v) is 7.91. The smallest absolute Gasteiger partial charge is 0.336 e. The summed E-state index contributed by atoms with van der Waals surface area (Å²) in [6, 6.07) is 0. The first-order chi connectivity index (χ1) is 7.22. The quantitative estimate of drug-likeness (QED) is 0.406. The fourth-order valence-corrected chi connectivity index (χ4v) is 4.99. The van der Waals surface area contributed by atoms with Gasteiger partial charge in [-0.3, -0.25) is 10.1 Å². The number of fused-ring (bicyclic) bond motifs is 2. The molecule has 0 amide bonds. The van der Waals surface area contributed by atoms with Crippen LogP contribution in [0.15, 0.2) is 0 Å². The fourth-order valence-electron chi connectivity index (χ4n) is 4.99. The zero-order valence-electron chi connectivity index (χ0n) is 7.91. The van der Waals surface area contributed by atoms with Gasteiger partial charge in [-0.2, -0.15) is 0 Å². The van der Waals surface area contributed by atoms with E-state index < -0.39 is 11.0 Å². The monoisotopic (exact) mass is 207 g/mol. The summed E-state index contributed by atoms with van der Waals surface area (Å²) >= 11 is 0. The average molecular weight is 207 g/mol. The summed E-state index contributed by atoms with van der Waals surface area (Å²) in [6.45, 7) is 0.731. The SMILES string of the molecule is O=C1OC(=O)C23C4CCC(O4)C24CNC143. The third-order valence-electron chi connectivity index (χ3n) is 5.40. The van der Waals surface area contributed by atoms with Crippen LogP contribution in [0.3, 0.4) is 0 Å². The lowest BCUT2D eigenvalue weighted by Crippen LogP contribution is -2.61. The van der Waals surface area contributed by atoms with Crippen molar-refractivity contribution >= 4 is 11.9 Å². The molecule has 5 unspecified atom stereocenters. The van der Waals surface area contributed by atoms with E-state index in [-0.39, 0.29) is 29.6 Å². The average Bonchev–Trinajstić information content (AvgIpc) is 2.63. The number of nitrogens with one attached hydrogen (secondary N) is 1. The van der Waals surface area contributed by atoms with Gasteiger partial charge in [-0.1, -0.05) is 0 Å². The van der Waals surface area contributed by atoms with E-state index in [1.54, 1.807) is 0 Å². The lowest BCUT2D eigenvalue weighted by Gasteiger charge is -2.37. The van der Waals surface area contributed by atoms with Crippen molar-refractivity contribution in [2.24, 2.45) is 10.8 Å². The van der Waals surface area contributed by atoms with Crippen molar-refractivity contribution in [3.63, 3.8) is 0 Å². The first kappa shape index (κ1) is 7.35. The third-order valence-corrected chi connectivity index (χ3v) is 5.40. The molecule has 5 atom stereocenters. The van der Waals surface area contributed by atoms with Crippen molar-refractivity contribution < 1.29 is 19.1 Å². The molecule has 2 bridgehead atoms. The molecular formula is C10H9NO4. The van der Waals surface area contributed by atoms with Crippen molar-refractivity contribution in [2.45, 2.75) is 30.6 Å². The van der Waals surface area contributed by atoms with Gasteiger partial charge in [0.25, 0.3) is 0 Å². The molecule has 5 rings (SSSR count). The highest BCUT2D eigenvalue weighted by Crippen LogP contribution is 2.89. The Bertz CT molecular complexity index is 462. The molecule has 15 heavy (non-hydrogen) atoms. The molecule has 1 aliphatic carbocycles. The second-order valence-corrected chi connectivity index (χ2v) is 5.25. The van der Waals surface area contributed by atoms with Gasteiger partial charge in [-0.25, -0.2) is 4.79 Å². The number of esters is 2. The van der Waals surface area contributed by atoms with Gasteiger partial charge in [-0.15, -0.1) is 0 Å². The summed E-state index contributed by atoms with van der Waals surface area (Å²) in [4.78, 5) is 23.7. The molecule has 5 aliphatic rings. The molecule has 4 heterocycles. The molecular weight excluding hydrogens is 198 g/mol. The fraction of sp³-hybridized carbons (Fsp3) is 0.800. The second-order valence-electron chi connectivity index (χ2n) is 5.25. The second kappa shape index (κ2) is 1.55. The van der Waals surface area contributed by atoms with Crippen LogP contribution in [0.2, 0.25) is 0 Å². The number of rotatable bonds is 0. The number of carbonyl (C=O) groups is 2. The Balaban J connectivity index is 1.86. The summed E-state index contributed by atoms with van der Waals surface area (Å²) in [5, 5.41) is 3.15. The maximum Gasteiger partial charge on any atom is 0.336 e. The lowest BCUT2D eigenvalue weighted by atomic mass is 9.78. The Labute approximate surface area is 85.1 Å². The maximum absolute atomic E-state index is 11.9. The molecule has 0 aromatic carbocycles. The van der Waals surface area contributed by atoms with Crippen molar-refractivity contribution in [3.8, 4) is 0 Å². The van der Waals surface area contributed by atoms with Gasteiger partial charge in [0.2, 0.25) is 0 Å². The molecule has 4 aliphatic heterocycles.